The van der Waals surface area contributed by atoms with Gasteiger partial charge in [-0.05, 0) is 57.5 Å². The maximum Gasteiger partial charge on any atom is 0.144 e. The Hall–Kier alpha value is -0.430. The van der Waals surface area contributed by atoms with E-state index in [0.29, 0.717) is 15.6 Å². The maximum absolute atomic E-state index is 2.41. The van der Waals surface area contributed by atoms with Crippen LogP contribution < -0.4 is 0 Å². The van der Waals surface area contributed by atoms with Crippen molar-refractivity contribution in [2.75, 3.05) is 5.75 Å². The largest absolute Gasteiger partial charge is 0.144 e. The van der Waals surface area contributed by atoms with Gasteiger partial charge in [0.1, 0.15) is 15.7 Å². The predicted octanol–water partition coefficient (Wildman–Crippen LogP) is 4.56. The molecule has 0 spiro atoms. The van der Waals surface area contributed by atoms with Crippen molar-refractivity contribution in [1.29, 1.82) is 0 Å². The van der Waals surface area contributed by atoms with E-state index in [4.69, 9.17) is 0 Å². The summed E-state index contributed by atoms with van der Waals surface area (Å²) in [5.74, 6) is 1.43. The molecule has 1 aromatic rings. The molecule has 0 N–H and O–H groups in total. The van der Waals surface area contributed by atoms with Gasteiger partial charge in [0.25, 0.3) is 0 Å². The molecule has 94 valence electrons. The van der Waals surface area contributed by atoms with Crippen molar-refractivity contribution in [2.24, 2.45) is 0 Å². The van der Waals surface area contributed by atoms with E-state index >= 15 is 0 Å². The summed E-state index contributed by atoms with van der Waals surface area (Å²) < 4.78 is 0.471. The summed E-state index contributed by atoms with van der Waals surface area (Å²) in [6.07, 6.45) is 2.81. The molecule has 0 radical (unpaired) electrons. The van der Waals surface area contributed by atoms with Gasteiger partial charge in [-0.25, -0.2) is 0 Å². The van der Waals surface area contributed by atoms with E-state index in [2.05, 4.69) is 52.8 Å². The molecule has 0 nitrogen and oxygen atoms in total. The van der Waals surface area contributed by atoms with Crippen LogP contribution in [0.15, 0.2) is 18.2 Å². The zero-order valence-electron chi connectivity index (χ0n) is 11.8. The van der Waals surface area contributed by atoms with Crippen LogP contribution in [0.3, 0.4) is 0 Å². The molecule has 1 heteroatoms. The molecule has 1 aliphatic rings. The molecular formula is C16H25S+. The summed E-state index contributed by atoms with van der Waals surface area (Å²) in [4.78, 5) is 0. The Kier molecular flexibility index (Phi) is 3.58. The Labute approximate surface area is 109 Å². The molecule has 0 amide bonds. The second-order valence-electron chi connectivity index (χ2n) is 6.24. The zero-order valence-corrected chi connectivity index (χ0v) is 12.7. The molecule has 1 saturated heterocycles. The summed E-state index contributed by atoms with van der Waals surface area (Å²) >= 11 is 0. The van der Waals surface area contributed by atoms with Gasteiger partial charge in [-0.1, -0.05) is 23.8 Å². The van der Waals surface area contributed by atoms with Gasteiger partial charge in [-0.2, -0.15) is 0 Å². The first-order chi connectivity index (χ1) is 7.89. The van der Waals surface area contributed by atoms with Crippen LogP contribution in [-0.4, -0.2) is 10.5 Å². The number of rotatable bonds is 1. The average Bonchev–Trinajstić information content (AvgIpc) is 2.65. The number of benzene rings is 1. The van der Waals surface area contributed by atoms with Gasteiger partial charge >= 0.3 is 0 Å². The van der Waals surface area contributed by atoms with Crippen molar-refractivity contribution in [2.45, 2.75) is 57.5 Å². The van der Waals surface area contributed by atoms with Crippen molar-refractivity contribution in [3.8, 4) is 0 Å². The van der Waals surface area contributed by atoms with Crippen LogP contribution in [0.5, 0.6) is 0 Å². The highest BCUT2D eigenvalue weighted by atomic mass is 32.2. The molecule has 2 rings (SSSR count). The quantitative estimate of drug-likeness (QED) is 0.640. The van der Waals surface area contributed by atoms with E-state index in [1.807, 2.05) is 0 Å². The first-order valence-electron chi connectivity index (χ1n) is 6.66. The summed E-state index contributed by atoms with van der Waals surface area (Å²) in [7, 11) is 0.550. The van der Waals surface area contributed by atoms with Crippen molar-refractivity contribution in [3.63, 3.8) is 0 Å². The number of hydrogen-bond donors (Lipinski definition) is 0. The first kappa shape index (κ1) is 13.0. The van der Waals surface area contributed by atoms with E-state index in [0.717, 1.165) is 5.25 Å². The maximum atomic E-state index is 2.41. The molecule has 0 saturated carbocycles. The minimum absolute atomic E-state index is 0.471. The lowest BCUT2D eigenvalue weighted by Crippen LogP contribution is -2.31. The smallest absolute Gasteiger partial charge is 0.0588 e. The monoisotopic (exact) mass is 249 g/mol. The molecule has 17 heavy (non-hydrogen) atoms. The Bertz CT molecular complexity index is 400. The molecule has 1 fully saturated rings. The second-order valence-corrected chi connectivity index (χ2v) is 9.30. The minimum atomic E-state index is 0.471. The van der Waals surface area contributed by atoms with Gasteiger partial charge in [-0.3, -0.25) is 0 Å². The normalized spacial score (nSPS) is 25.2. The highest BCUT2D eigenvalue weighted by molar-refractivity contribution is 7.98. The molecule has 0 aliphatic carbocycles. The molecule has 1 aromatic carbocycles. The van der Waals surface area contributed by atoms with Crippen molar-refractivity contribution >= 4 is 10.9 Å². The SMILES string of the molecule is Cc1ccc(C2CCC[S+]2C(C)(C)C)c(C)c1. The lowest BCUT2D eigenvalue weighted by molar-refractivity contribution is 0.773. The Morgan fingerprint density at radius 3 is 2.47 bits per heavy atom. The van der Waals surface area contributed by atoms with Gasteiger partial charge in [0, 0.05) is 12.0 Å². The third kappa shape index (κ3) is 2.70. The molecule has 0 aromatic heterocycles. The molecule has 0 bridgehead atoms. The topological polar surface area (TPSA) is 0 Å². The summed E-state index contributed by atoms with van der Waals surface area (Å²) in [6.45, 7) is 11.7. The fraction of sp³-hybridized carbons (Fsp3) is 0.625. The molecule has 2 atom stereocenters. The molecule has 1 heterocycles. The number of hydrogen-bond acceptors (Lipinski definition) is 0. The van der Waals surface area contributed by atoms with Gasteiger partial charge in [-0.15, -0.1) is 0 Å². The second kappa shape index (κ2) is 4.68. The third-order valence-electron chi connectivity index (χ3n) is 3.73. The van der Waals surface area contributed by atoms with Crippen molar-refractivity contribution in [1.82, 2.24) is 0 Å². The highest BCUT2D eigenvalue weighted by Gasteiger charge is 2.46. The van der Waals surface area contributed by atoms with Crippen LogP contribution >= 0.6 is 0 Å². The van der Waals surface area contributed by atoms with E-state index in [-0.39, 0.29) is 0 Å². The van der Waals surface area contributed by atoms with E-state index in [1.165, 1.54) is 29.7 Å². The summed E-state index contributed by atoms with van der Waals surface area (Å²) in [5, 5.41) is 0.815. The van der Waals surface area contributed by atoms with Gasteiger partial charge in [0.2, 0.25) is 0 Å². The molecule has 2 unspecified atom stereocenters. The highest BCUT2D eigenvalue weighted by Crippen LogP contribution is 2.43. The zero-order chi connectivity index (χ0) is 12.6. The lowest BCUT2D eigenvalue weighted by Gasteiger charge is -2.24. The molecule has 1 aliphatic heterocycles. The van der Waals surface area contributed by atoms with Crippen LogP contribution in [0.4, 0.5) is 0 Å². The van der Waals surface area contributed by atoms with Crippen molar-refractivity contribution in [3.05, 3.63) is 34.9 Å². The number of aryl methyl sites for hydroxylation is 2. The van der Waals surface area contributed by atoms with Crippen LogP contribution in [0.2, 0.25) is 0 Å². The summed E-state index contributed by atoms with van der Waals surface area (Å²) in [6, 6.07) is 7.01. The lowest BCUT2D eigenvalue weighted by atomic mass is 10.0. The predicted molar refractivity (Wildman–Crippen MR) is 79.9 cm³/mol. The van der Waals surface area contributed by atoms with Gasteiger partial charge in [0.15, 0.2) is 0 Å². The van der Waals surface area contributed by atoms with E-state index in [9.17, 15) is 0 Å². The first-order valence-corrected chi connectivity index (χ1v) is 8.12. The standard InChI is InChI=1S/C16H25S/c1-12-8-9-14(13(2)11-12)15-7-6-10-17(15)16(3,4)5/h8-9,11,15H,6-7,10H2,1-5H3/q+1. The minimum Gasteiger partial charge on any atom is -0.0588 e. The Morgan fingerprint density at radius 1 is 1.18 bits per heavy atom. The van der Waals surface area contributed by atoms with E-state index < -0.39 is 0 Å². The van der Waals surface area contributed by atoms with Crippen LogP contribution in [0.25, 0.3) is 0 Å². The fourth-order valence-corrected chi connectivity index (χ4v) is 6.19. The molecular weight excluding hydrogens is 224 g/mol. The van der Waals surface area contributed by atoms with Crippen LogP contribution in [0, 0.1) is 13.8 Å². The average molecular weight is 249 g/mol. The summed E-state index contributed by atoms with van der Waals surface area (Å²) in [5.41, 5.74) is 4.50. The van der Waals surface area contributed by atoms with E-state index in [1.54, 1.807) is 5.56 Å². The van der Waals surface area contributed by atoms with Crippen LogP contribution in [-0.2, 0) is 10.9 Å². The van der Waals surface area contributed by atoms with Gasteiger partial charge < -0.3 is 0 Å². The van der Waals surface area contributed by atoms with Crippen molar-refractivity contribution < 1.29 is 0 Å². The third-order valence-corrected chi connectivity index (χ3v) is 7.21. The van der Waals surface area contributed by atoms with Crippen LogP contribution in [0.1, 0.15) is 55.6 Å². The fourth-order valence-electron chi connectivity index (χ4n) is 2.94. The Balaban J connectivity index is 2.33. The Morgan fingerprint density at radius 2 is 1.88 bits per heavy atom. The van der Waals surface area contributed by atoms with Gasteiger partial charge in [0.05, 0.1) is 0 Å².